The monoisotopic (exact) mass is 422 g/mol. The van der Waals surface area contributed by atoms with Gasteiger partial charge in [0.25, 0.3) is 5.91 Å². The van der Waals surface area contributed by atoms with Crippen molar-refractivity contribution in [2.45, 2.75) is 32.7 Å². The van der Waals surface area contributed by atoms with E-state index in [-0.39, 0.29) is 30.3 Å². The minimum atomic E-state index is -0.269. The zero-order valence-corrected chi connectivity index (χ0v) is 18.4. The molecule has 0 aliphatic carbocycles. The first-order valence-corrected chi connectivity index (χ1v) is 10.6. The SMILES string of the molecule is CC(=O)N(C)C1CCN(CC(=O)Nc2ccccc2C(=O)Nc2cccc(C)c2)CC1. The van der Waals surface area contributed by atoms with E-state index < -0.39 is 0 Å². The number of carbonyl (C=O) groups is 3. The molecule has 2 N–H and O–H groups in total. The van der Waals surface area contributed by atoms with Crippen molar-refractivity contribution in [3.63, 3.8) is 0 Å². The Balaban J connectivity index is 1.57. The largest absolute Gasteiger partial charge is 0.343 e. The summed E-state index contributed by atoms with van der Waals surface area (Å²) in [5.74, 6) is -0.361. The van der Waals surface area contributed by atoms with Crippen LogP contribution in [-0.4, -0.2) is 60.2 Å². The first kappa shape index (κ1) is 22.5. The summed E-state index contributed by atoms with van der Waals surface area (Å²) in [6.45, 7) is 5.30. The molecule has 2 aromatic carbocycles. The zero-order chi connectivity index (χ0) is 22.4. The molecule has 31 heavy (non-hydrogen) atoms. The van der Waals surface area contributed by atoms with Gasteiger partial charge in [-0.25, -0.2) is 0 Å². The molecule has 3 rings (SSSR count). The van der Waals surface area contributed by atoms with Gasteiger partial charge in [-0.05, 0) is 49.6 Å². The summed E-state index contributed by atoms with van der Waals surface area (Å²) in [6.07, 6.45) is 1.69. The minimum absolute atomic E-state index is 0.0664. The molecule has 0 spiro atoms. The van der Waals surface area contributed by atoms with Crippen molar-refractivity contribution in [3.05, 3.63) is 59.7 Å². The van der Waals surface area contributed by atoms with Crippen LogP contribution in [0, 0.1) is 6.92 Å². The highest BCUT2D eigenvalue weighted by atomic mass is 16.2. The predicted octanol–water partition coefficient (Wildman–Crippen LogP) is 3.13. The predicted molar refractivity (Wildman–Crippen MR) is 122 cm³/mol. The first-order chi connectivity index (χ1) is 14.8. The van der Waals surface area contributed by atoms with Crippen LogP contribution in [0.25, 0.3) is 0 Å². The fourth-order valence-electron chi connectivity index (χ4n) is 3.83. The topological polar surface area (TPSA) is 81.8 Å². The number of nitrogens with one attached hydrogen (secondary N) is 2. The van der Waals surface area contributed by atoms with E-state index in [0.717, 1.165) is 31.5 Å². The van der Waals surface area contributed by atoms with Crippen molar-refractivity contribution >= 4 is 29.1 Å². The van der Waals surface area contributed by atoms with E-state index >= 15 is 0 Å². The van der Waals surface area contributed by atoms with Crippen molar-refractivity contribution in [1.29, 1.82) is 0 Å². The summed E-state index contributed by atoms with van der Waals surface area (Å²) in [7, 11) is 1.83. The lowest BCUT2D eigenvalue weighted by molar-refractivity contribution is -0.130. The van der Waals surface area contributed by atoms with Crippen LogP contribution >= 0.6 is 0 Å². The second kappa shape index (κ2) is 10.2. The molecular formula is C24H30N4O3. The third-order valence-corrected chi connectivity index (χ3v) is 5.69. The van der Waals surface area contributed by atoms with Crippen molar-refractivity contribution in [2.24, 2.45) is 0 Å². The maximum absolute atomic E-state index is 12.8. The Morgan fingerprint density at radius 1 is 1.03 bits per heavy atom. The number of aryl methyl sites for hydroxylation is 1. The molecule has 1 saturated heterocycles. The lowest BCUT2D eigenvalue weighted by Gasteiger charge is -2.36. The number of carbonyl (C=O) groups excluding carboxylic acids is 3. The molecule has 0 bridgehead atoms. The molecule has 164 valence electrons. The maximum atomic E-state index is 12.8. The summed E-state index contributed by atoms with van der Waals surface area (Å²) < 4.78 is 0. The molecule has 0 unspecified atom stereocenters. The van der Waals surface area contributed by atoms with Gasteiger partial charge in [0.2, 0.25) is 11.8 Å². The number of amides is 3. The van der Waals surface area contributed by atoms with Crippen LogP contribution in [0.4, 0.5) is 11.4 Å². The average Bonchev–Trinajstić information content (AvgIpc) is 2.74. The van der Waals surface area contributed by atoms with Crippen LogP contribution in [-0.2, 0) is 9.59 Å². The first-order valence-electron chi connectivity index (χ1n) is 10.6. The summed E-state index contributed by atoms with van der Waals surface area (Å²) in [5, 5.41) is 5.77. The number of hydrogen-bond acceptors (Lipinski definition) is 4. The Bertz CT molecular complexity index is 951. The molecule has 1 heterocycles. The minimum Gasteiger partial charge on any atom is -0.343 e. The number of likely N-dealkylation sites (tertiary alicyclic amines) is 1. The fourth-order valence-corrected chi connectivity index (χ4v) is 3.83. The Labute approximate surface area is 183 Å². The van der Waals surface area contributed by atoms with Crippen molar-refractivity contribution < 1.29 is 14.4 Å². The van der Waals surface area contributed by atoms with Gasteiger partial charge in [-0.3, -0.25) is 19.3 Å². The quantitative estimate of drug-likeness (QED) is 0.749. The number of hydrogen-bond donors (Lipinski definition) is 2. The highest BCUT2D eigenvalue weighted by molar-refractivity contribution is 6.10. The average molecular weight is 423 g/mol. The molecule has 0 aromatic heterocycles. The van der Waals surface area contributed by atoms with Gasteiger partial charge in [0.15, 0.2) is 0 Å². The van der Waals surface area contributed by atoms with E-state index in [1.54, 1.807) is 36.1 Å². The van der Waals surface area contributed by atoms with Gasteiger partial charge in [0, 0.05) is 38.8 Å². The third kappa shape index (κ3) is 6.15. The molecule has 1 aliphatic heterocycles. The molecule has 1 fully saturated rings. The number of anilines is 2. The van der Waals surface area contributed by atoms with Crippen LogP contribution in [0.5, 0.6) is 0 Å². The fraction of sp³-hybridized carbons (Fsp3) is 0.375. The third-order valence-electron chi connectivity index (χ3n) is 5.69. The number of piperidine rings is 1. The summed E-state index contributed by atoms with van der Waals surface area (Å²) >= 11 is 0. The van der Waals surface area contributed by atoms with Crippen LogP contribution in [0.15, 0.2) is 48.5 Å². The molecule has 7 nitrogen and oxygen atoms in total. The Kier molecular flexibility index (Phi) is 7.41. The number of para-hydroxylation sites is 1. The standard InChI is InChI=1S/C24H30N4O3/c1-17-7-6-8-19(15-17)25-24(31)21-9-4-5-10-22(21)26-23(30)16-28-13-11-20(12-14-28)27(3)18(2)29/h4-10,15,20H,11-14,16H2,1-3H3,(H,25,31)(H,26,30). The number of nitrogens with zero attached hydrogens (tertiary/aromatic N) is 2. The highest BCUT2D eigenvalue weighted by Gasteiger charge is 2.25. The van der Waals surface area contributed by atoms with Gasteiger partial charge in [0.05, 0.1) is 17.8 Å². The summed E-state index contributed by atoms with van der Waals surface area (Å²) in [6, 6.07) is 14.8. The normalized spacial score (nSPS) is 14.7. The maximum Gasteiger partial charge on any atom is 0.257 e. The zero-order valence-electron chi connectivity index (χ0n) is 18.4. The van der Waals surface area contributed by atoms with E-state index in [1.807, 2.05) is 38.2 Å². The molecular weight excluding hydrogens is 392 g/mol. The Morgan fingerprint density at radius 2 is 1.74 bits per heavy atom. The van der Waals surface area contributed by atoms with Gasteiger partial charge >= 0.3 is 0 Å². The summed E-state index contributed by atoms with van der Waals surface area (Å²) in [5.41, 5.74) is 2.67. The molecule has 1 aliphatic rings. The van der Waals surface area contributed by atoms with E-state index in [0.29, 0.717) is 16.9 Å². The van der Waals surface area contributed by atoms with Crippen LogP contribution in [0.2, 0.25) is 0 Å². The number of benzene rings is 2. The smallest absolute Gasteiger partial charge is 0.257 e. The highest BCUT2D eigenvalue weighted by Crippen LogP contribution is 2.19. The van der Waals surface area contributed by atoms with Gasteiger partial charge in [-0.1, -0.05) is 24.3 Å². The van der Waals surface area contributed by atoms with Crippen molar-refractivity contribution in [3.8, 4) is 0 Å². The van der Waals surface area contributed by atoms with E-state index in [9.17, 15) is 14.4 Å². The van der Waals surface area contributed by atoms with E-state index in [1.165, 1.54) is 0 Å². The molecule has 7 heteroatoms. The van der Waals surface area contributed by atoms with E-state index in [2.05, 4.69) is 15.5 Å². The molecule has 3 amide bonds. The molecule has 0 radical (unpaired) electrons. The van der Waals surface area contributed by atoms with Gasteiger partial charge in [0.1, 0.15) is 0 Å². The van der Waals surface area contributed by atoms with Gasteiger partial charge < -0.3 is 15.5 Å². The second-order valence-corrected chi connectivity index (χ2v) is 8.05. The Morgan fingerprint density at radius 3 is 2.42 bits per heavy atom. The van der Waals surface area contributed by atoms with Gasteiger partial charge in [-0.15, -0.1) is 0 Å². The van der Waals surface area contributed by atoms with Crippen molar-refractivity contribution in [2.75, 3.05) is 37.3 Å². The second-order valence-electron chi connectivity index (χ2n) is 8.05. The molecule has 2 aromatic rings. The lowest BCUT2D eigenvalue weighted by atomic mass is 10.0. The summed E-state index contributed by atoms with van der Waals surface area (Å²) in [4.78, 5) is 40.8. The molecule has 0 saturated carbocycles. The van der Waals surface area contributed by atoms with Gasteiger partial charge in [-0.2, -0.15) is 0 Å². The molecule has 0 atom stereocenters. The number of rotatable bonds is 6. The van der Waals surface area contributed by atoms with Crippen LogP contribution < -0.4 is 10.6 Å². The van der Waals surface area contributed by atoms with E-state index in [4.69, 9.17) is 0 Å². The lowest BCUT2D eigenvalue weighted by Crippen LogP contribution is -2.46. The van der Waals surface area contributed by atoms with Crippen molar-refractivity contribution in [1.82, 2.24) is 9.80 Å². The Hall–Kier alpha value is -3.19. The van der Waals surface area contributed by atoms with Crippen LogP contribution in [0.1, 0.15) is 35.7 Å². The van der Waals surface area contributed by atoms with Crippen LogP contribution in [0.3, 0.4) is 0 Å².